The summed E-state index contributed by atoms with van der Waals surface area (Å²) in [5, 5.41) is 0. The molecule has 0 aromatic heterocycles. The van der Waals surface area contributed by atoms with Gasteiger partial charge in [0.05, 0.1) is 6.61 Å². The van der Waals surface area contributed by atoms with Crippen LogP contribution in [0.25, 0.3) is 0 Å². The lowest BCUT2D eigenvalue weighted by molar-refractivity contribution is -0.150. The molecule has 0 radical (unpaired) electrons. The van der Waals surface area contributed by atoms with Crippen molar-refractivity contribution in [2.75, 3.05) is 39.5 Å². The molecule has 8 heteroatoms. The molecule has 172 valence electrons. The van der Waals surface area contributed by atoms with Crippen molar-refractivity contribution in [1.82, 2.24) is 9.80 Å². The number of amides is 1. The first kappa shape index (κ1) is 22.5. The number of ether oxygens (including phenoxy) is 3. The monoisotopic (exact) mass is 446 g/mol. The molecule has 0 N–H and O–H groups in total. The van der Waals surface area contributed by atoms with Crippen LogP contribution in [-0.4, -0.2) is 67.2 Å². The number of hydrogen-bond donors (Lipinski definition) is 0. The number of hydrogen-bond acceptors (Lipinski definition) is 5. The molecule has 2 heterocycles. The van der Waals surface area contributed by atoms with Crippen LogP contribution in [0.3, 0.4) is 0 Å². The number of rotatable bonds is 6. The number of carbonyl (C=O) groups excluding carboxylic acids is 1. The Hall–Kier alpha value is -2.71. The van der Waals surface area contributed by atoms with Crippen molar-refractivity contribution in [3.63, 3.8) is 0 Å². The Morgan fingerprint density at radius 3 is 2.59 bits per heavy atom. The highest BCUT2D eigenvalue weighted by atomic mass is 19.3. The van der Waals surface area contributed by atoms with Gasteiger partial charge in [-0.2, -0.15) is 8.78 Å². The Kier molecular flexibility index (Phi) is 6.91. The molecule has 0 spiro atoms. The predicted molar refractivity (Wildman–Crippen MR) is 115 cm³/mol. The van der Waals surface area contributed by atoms with Gasteiger partial charge in [-0.3, -0.25) is 9.69 Å². The minimum atomic E-state index is -3.03. The summed E-state index contributed by atoms with van der Waals surface area (Å²) >= 11 is 0. The van der Waals surface area contributed by atoms with Crippen LogP contribution in [0, 0.1) is 0 Å². The summed E-state index contributed by atoms with van der Waals surface area (Å²) in [6, 6.07) is 15.2. The van der Waals surface area contributed by atoms with Crippen LogP contribution in [0.15, 0.2) is 48.5 Å². The van der Waals surface area contributed by atoms with Gasteiger partial charge in [0.15, 0.2) is 24.7 Å². The van der Waals surface area contributed by atoms with Crippen molar-refractivity contribution < 1.29 is 27.8 Å². The summed E-state index contributed by atoms with van der Waals surface area (Å²) in [7, 11) is 0. The summed E-state index contributed by atoms with van der Waals surface area (Å²) in [6.07, 6.45) is -0.536. The molecule has 1 amide bonds. The normalized spacial score (nSPS) is 20.4. The lowest BCUT2D eigenvalue weighted by Gasteiger charge is -2.35. The molecular formula is C24H28F2N2O4. The van der Waals surface area contributed by atoms with E-state index >= 15 is 0 Å². The van der Waals surface area contributed by atoms with Crippen molar-refractivity contribution in [2.24, 2.45) is 0 Å². The standard InChI is InChI=1S/C24H28F2N2O4/c1-2-28(14-19-8-9-20-21(12-19)32-17-24(25,26)16-31-20)23(29)22-15-27(10-11-30-22)13-18-6-4-3-5-7-18/h3-9,12,22H,2,10-11,13-17H2,1H3. The van der Waals surface area contributed by atoms with E-state index in [9.17, 15) is 13.6 Å². The maximum Gasteiger partial charge on any atom is 0.314 e. The Balaban J connectivity index is 1.39. The molecule has 1 unspecified atom stereocenters. The van der Waals surface area contributed by atoms with Crippen molar-refractivity contribution in [2.45, 2.75) is 32.0 Å². The van der Waals surface area contributed by atoms with Gasteiger partial charge in [0.2, 0.25) is 0 Å². The third-order valence-corrected chi connectivity index (χ3v) is 5.63. The van der Waals surface area contributed by atoms with Crippen molar-refractivity contribution in [3.05, 3.63) is 59.7 Å². The lowest BCUT2D eigenvalue weighted by Crippen LogP contribution is -2.50. The third kappa shape index (κ3) is 5.55. The quantitative estimate of drug-likeness (QED) is 0.681. The largest absolute Gasteiger partial charge is 0.483 e. The SMILES string of the molecule is CCN(Cc1ccc2c(c1)OCC(F)(F)CO2)C(=O)C1CN(Cc2ccccc2)CCO1. The molecule has 2 aliphatic rings. The van der Waals surface area contributed by atoms with Crippen LogP contribution in [0.5, 0.6) is 11.5 Å². The fourth-order valence-corrected chi connectivity index (χ4v) is 3.90. The fraction of sp³-hybridized carbons (Fsp3) is 0.458. The predicted octanol–water partition coefficient (Wildman–Crippen LogP) is 3.34. The number of carbonyl (C=O) groups is 1. The van der Waals surface area contributed by atoms with Crippen molar-refractivity contribution >= 4 is 5.91 Å². The first-order valence-corrected chi connectivity index (χ1v) is 10.9. The number of morpholine rings is 1. The molecule has 0 aliphatic carbocycles. The Morgan fingerprint density at radius 1 is 1.09 bits per heavy atom. The van der Waals surface area contributed by atoms with E-state index in [0.717, 1.165) is 18.7 Å². The molecule has 1 fully saturated rings. The molecule has 4 rings (SSSR count). The fourth-order valence-electron chi connectivity index (χ4n) is 3.90. The van der Waals surface area contributed by atoms with Gasteiger partial charge in [0.1, 0.15) is 6.10 Å². The maximum atomic E-state index is 13.6. The third-order valence-electron chi connectivity index (χ3n) is 5.63. The minimum Gasteiger partial charge on any atom is -0.483 e. The van der Waals surface area contributed by atoms with Gasteiger partial charge < -0.3 is 19.1 Å². The summed E-state index contributed by atoms with van der Waals surface area (Å²) < 4.78 is 43.3. The average Bonchev–Trinajstić information content (AvgIpc) is 2.96. The second kappa shape index (κ2) is 9.83. The maximum absolute atomic E-state index is 13.6. The molecule has 0 bridgehead atoms. The highest BCUT2D eigenvalue weighted by molar-refractivity contribution is 5.81. The number of halogens is 2. The van der Waals surface area contributed by atoms with Crippen LogP contribution in [0.1, 0.15) is 18.1 Å². The lowest BCUT2D eigenvalue weighted by atomic mass is 10.1. The zero-order valence-electron chi connectivity index (χ0n) is 18.1. The molecule has 6 nitrogen and oxygen atoms in total. The van der Waals surface area contributed by atoms with E-state index in [4.69, 9.17) is 14.2 Å². The second-order valence-electron chi connectivity index (χ2n) is 8.15. The number of fused-ring (bicyclic) bond motifs is 1. The number of likely N-dealkylation sites (N-methyl/N-ethyl adjacent to an activating group) is 1. The van der Waals surface area contributed by atoms with Crippen LogP contribution in [0.4, 0.5) is 8.78 Å². The van der Waals surface area contributed by atoms with E-state index in [2.05, 4.69) is 17.0 Å². The van der Waals surface area contributed by atoms with Gasteiger partial charge in [0.25, 0.3) is 5.91 Å². The van der Waals surface area contributed by atoms with E-state index < -0.39 is 25.2 Å². The molecular weight excluding hydrogens is 418 g/mol. The molecule has 2 aromatic carbocycles. The van der Waals surface area contributed by atoms with Crippen molar-refractivity contribution in [1.29, 1.82) is 0 Å². The highest BCUT2D eigenvalue weighted by Crippen LogP contribution is 2.34. The van der Waals surface area contributed by atoms with Crippen molar-refractivity contribution in [3.8, 4) is 11.5 Å². The van der Waals surface area contributed by atoms with Crippen LogP contribution >= 0.6 is 0 Å². The molecule has 2 aromatic rings. The van der Waals surface area contributed by atoms with Crippen LogP contribution < -0.4 is 9.47 Å². The van der Waals surface area contributed by atoms with E-state index in [1.54, 1.807) is 23.1 Å². The van der Waals surface area contributed by atoms with Gasteiger partial charge in [-0.15, -0.1) is 0 Å². The highest BCUT2D eigenvalue weighted by Gasteiger charge is 2.35. The smallest absolute Gasteiger partial charge is 0.314 e. The first-order valence-electron chi connectivity index (χ1n) is 10.9. The Morgan fingerprint density at radius 2 is 1.84 bits per heavy atom. The first-order chi connectivity index (χ1) is 15.4. The summed E-state index contributed by atoms with van der Waals surface area (Å²) in [6.45, 7) is 3.88. The van der Waals surface area contributed by atoms with Crippen LogP contribution in [-0.2, 0) is 22.6 Å². The number of nitrogens with zero attached hydrogens (tertiary/aromatic N) is 2. The molecule has 0 saturated carbocycles. The van der Waals surface area contributed by atoms with Gasteiger partial charge in [0, 0.05) is 32.7 Å². The molecule has 32 heavy (non-hydrogen) atoms. The minimum absolute atomic E-state index is 0.0797. The van der Waals surface area contributed by atoms with Gasteiger partial charge >= 0.3 is 5.92 Å². The van der Waals surface area contributed by atoms with E-state index in [1.807, 2.05) is 25.1 Å². The number of alkyl halides is 2. The topological polar surface area (TPSA) is 51.2 Å². The Labute approximate surface area is 186 Å². The van der Waals surface area contributed by atoms with Crippen LogP contribution in [0.2, 0.25) is 0 Å². The molecule has 1 atom stereocenters. The van der Waals surface area contributed by atoms with Gasteiger partial charge in [-0.25, -0.2) is 0 Å². The summed E-state index contributed by atoms with van der Waals surface area (Å²) in [4.78, 5) is 17.1. The summed E-state index contributed by atoms with van der Waals surface area (Å²) in [5.41, 5.74) is 1.98. The molecule has 1 saturated heterocycles. The van der Waals surface area contributed by atoms with E-state index in [1.165, 1.54) is 5.56 Å². The molecule has 2 aliphatic heterocycles. The second-order valence-corrected chi connectivity index (χ2v) is 8.15. The van der Waals surface area contributed by atoms with E-state index in [0.29, 0.717) is 26.2 Å². The summed E-state index contributed by atoms with van der Waals surface area (Å²) in [5.74, 6) is -2.56. The zero-order valence-corrected chi connectivity index (χ0v) is 18.1. The van der Waals surface area contributed by atoms with Gasteiger partial charge in [-0.1, -0.05) is 36.4 Å². The van der Waals surface area contributed by atoms with Gasteiger partial charge in [-0.05, 0) is 30.2 Å². The average molecular weight is 446 g/mol. The Bertz CT molecular complexity index is 925. The number of benzene rings is 2. The van der Waals surface area contributed by atoms with E-state index in [-0.39, 0.29) is 17.4 Å². The zero-order chi connectivity index (χ0) is 22.6.